The van der Waals surface area contributed by atoms with Crippen molar-refractivity contribution in [3.8, 4) is 16.9 Å². The lowest BCUT2D eigenvalue weighted by Crippen LogP contribution is -2.08. The molecule has 2 aromatic heterocycles. The SMILES string of the molecule is CCOc1c(/C(C)=C/C(=O)Nc2nnc(C)s2)cc2c(-c3ccc(Cl)cc3)coc2c1C. The molecule has 0 saturated carbocycles. The number of furan rings is 1. The maximum Gasteiger partial charge on any atom is 0.250 e. The Hall–Kier alpha value is -3.16. The van der Waals surface area contributed by atoms with Crippen LogP contribution in [0.4, 0.5) is 5.13 Å². The van der Waals surface area contributed by atoms with E-state index in [9.17, 15) is 4.79 Å². The third-order valence-electron chi connectivity index (χ3n) is 5.02. The monoisotopic (exact) mass is 467 g/mol. The Morgan fingerprint density at radius 1 is 1.25 bits per heavy atom. The molecule has 0 bridgehead atoms. The first kappa shape index (κ1) is 22.0. The summed E-state index contributed by atoms with van der Waals surface area (Å²) in [5.41, 5.74) is 5.17. The van der Waals surface area contributed by atoms with Gasteiger partial charge in [-0.05, 0) is 57.0 Å². The highest BCUT2D eigenvalue weighted by atomic mass is 35.5. The number of halogens is 1. The van der Waals surface area contributed by atoms with Crippen LogP contribution in [-0.2, 0) is 4.79 Å². The van der Waals surface area contributed by atoms with E-state index in [1.165, 1.54) is 11.3 Å². The lowest BCUT2D eigenvalue weighted by atomic mass is 9.96. The number of hydrogen-bond donors (Lipinski definition) is 1. The van der Waals surface area contributed by atoms with Crippen LogP contribution in [0.5, 0.6) is 5.75 Å². The first-order valence-electron chi connectivity index (χ1n) is 10.1. The first-order valence-corrected chi connectivity index (χ1v) is 11.3. The first-order chi connectivity index (χ1) is 15.4. The number of anilines is 1. The van der Waals surface area contributed by atoms with Gasteiger partial charge in [0, 0.05) is 33.2 Å². The van der Waals surface area contributed by atoms with Gasteiger partial charge in [0.05, 0.1) is 12.9 Å². The molecule has 1 N–H and O–H groups in total. The van der Waals surface area contributed by atoms with Gasteiger partial charge in [0.2, 0.25) is 11.0 Å². The maximum atomic E-state index is 12.6. The van der Waals surface area contributed by atoms with E-state index in [1.54, 1.807) is 12.3 Å². The zero-order valence-corrected chi connectivity index (χ0v) is 19.7. The summed E-state index contributed by atoms with van der Waals surface area (Å²) in [6, 6.07) is 9.62. The van der Waals surface area contributed by atoms with Crippen molar-refractivity contribution in [2.75, 3.05) is 11.9 Å². The van der Waals surface area contributed by atoms with Crippen molar-refractivity contribution in [1.29, 1.82) is 0 Å². The van der Waals surface area contributed by atoms with Crippen LogP contribution in [0.2, 0.25) is 5.02 Å². The maximum absolute atomic E-state index is 12.6. The fourth-order valence-electron chi connectivity index (χ4n) is 3.56. The number of nitrogens with one attached hydrogen (secondary N) is 1. The van der Waals surface area contributed by atoms with E-state index < -0.39 is 0 Å². The highest BCUT2D eigenvalue weighted by Gasteiger charge is 2.19. The Morgan fingerprint density at radius 3 is 2.66 bits per heavy atom. The van der Waals surface area contributed by atoms with E-state index in [0.717, 1.165) is 43.8 Å². The normalized spacial score (nSPS) is 11.7. The van der Waals surface area contributed by atoms with Crippen LogP contribution in [0.25, 0.3) is 27.7 Å². The van der Waals surface area contributed by atoms with Crippen LogP contribution in [0.15, 0.2) is 47.1 Å². The molecule has 0 aliphatic heterocycles. The van der Waals surface area contributed by atoms with Gasteiger partial charge in [-0.15, -0.1) is 10.2 Å². The molecule has 0 saturated heterocycles. The molecule has 1 amide bonds. The molecule has 0 fully saturated rings. The van der Waals surface area contributed by atoms with Gasteiger partial charge >= 0.3 is 0 Å². The summed E-state index contributed by atoms with van der Waals surface area (Å²) in [5, 5.41) is 13.5. The van der Waals surface area contributed by atoms with Gasteiger partial charge < -0.3 is 9.15 Å². The molecule has 32 heavy (non-hydrogen) atoms. The van der Waals surface area contributed by atoms with Gasteiger partial charge in [0.15, 0.2) is 0 Å². The standard InChI is InChI=1S/C24H22ClN3O3S/c1-5-30-22-14(3)23-19(20(12-31-23)16-6-8-17(25)9-7-16)11-18(22)13(2)10-21(29)26-24-28-27-15(4)32-24/h6-12H,5H2,1-4H3,(H,26,28,29)/b13-10+. The van der Waals surface area contributed by atoms with Gasteiger partial charge in [-0.3, -0.25) is 10.1 Å². The van der Waals surface area contributed by atoms with Gasteiger partial charge in [0.25, 0.3) is 0 Å². The number of nitrogens with zero attached hydrogens (tertiary/aromatic N) is 2. The second kappa shape index (κ2) is 9.14. The van der Waals surface area contributed by atoms with Crippen molar-refractivity contribution in [3.63, 3.8) is 0 Å². The lowest BCUT2D eigenvalue weighted by molar-refractivity contribution is -0.111. The number of rotatable bonds is 6. The molecule has 0 atom stereocenters. The third-order valence-corrected chi connectivity index (χ3v) is 6.02. The number of aryl methyl sites for hydroxylation is 2. The minimum Gasteiger partial charge on any atom is -0.493 e. The Bertz CT molecular complexity index is 1320. The molecule has 0 radical (unpaired) electrons. The molecule has 6 nitrogen and oxygen atoms in total. The molecule has 0 aliphatic carbocycles. The van der Waals surface area contributed by atoms with E-state index in [-0.39, 0.29) is 5.91 Å². The van der Waals surface area contributed by atoms with Crippen molar-refractivity contribution in [2.45, 2.75) is 27.7 Å². The second-order valence-electron chi connectivity index (χ2n) is 7.29. The molecule has 0 spiro atoms. The van der Waals surface area contributed by atoms with Gasteiger partial charge in [0.1, 0.15) is 16.3 Å². The average molecular weight is 468 g/mol. The summed E-state index contributed by atoms with van der Waals surface area (Å²) in [5.74, 6) is 0.425. The van der Waals surface area contributed by atoms with Crippen LogP contribution in [-0.4, -0.2) is 22.7 Å². The number of amides is 1. The van der Waals surface area contributed by atoms with Crippen molar-refractivity contribution >= 4 is 50.5 Å². The third kappa shape index (κ3) is 4.40. The minimum atomic E-state index is -0.274. The molecule has 4 rings (SSSR count). The zero-order valence-electron chi connectivity index (χ0n) is 18.2. The molecular formula is C24H22ClN3O3S. The molecule has 2 aromatic carbocycles. The van der Waals surface area contributed by atoms with E-state index in [2.05, 4.69) is 15.5 Å². The van der Waals surface area contributed by atoms with E-state index in [0.29, 0.717) is 22.5 Å². The predicted octanol–water partition coefficient (Wildman–Crippen LogP) is 6.66. The molecular weight excluding hydrogens is 446 g/mol. The number of benzene rings is 2. The smallest absolute Gasteiger partial charge is 0.250 e. The largest absolute Gasteiger partial charge is 0.493 e. The minimum absolute atomic E-state index is 0.274. The number of allylic oxidation sites excluding steroid dienone is 1. The molecule has 8 heteroatoms. The van der Waals surface area contributed by atoms with Gasteiger partial charge in [-0.2, -0.15) is 0 Å². The number of carbonyl (C=O) groups is 1. The van der Waals surface area contributed by atoms with Crippen LogP contribution in [0.3, 0.4) is 0 Å². The Kier molecular flexibility index (Phi) is 6.30. The second-order valence-corrected chi connectivity index (χ2v) is 8.91. The fraction of sp³-hybridized carbons (Fsp3) is 0.208. The molecule has 0 aliphatic rings. The van der Waals surface area contributed by atoms with Gasteiger partial charge in [-0.25, -0.2) is 0 Å². The summed E-state index contributed by atoms with van der Waals surface area (Å²) in [6.07, 6.45) is 3.28. The number of aromatic nitrogens is 2. The van der Waals surface area contributed by atoms with Crippen molar-refractivity contribution in [1.82, 2.24) is 10.2 Å². The van der Waals surface area contributed by atoms with Crippen LogP contribution in [0.1, 0.15) is 30.0 Å². The van der Waals surface area contributed by atoms with E-state index in [1.807, 2.05) is 58.0 Å². The molecule has 2 heterocycles. The molecule has 0 unspecified atom stereocenters. The summed E-state index contributed by atoms with van der Waals surface area (Å²) in [7, 11) is 0. The summed E-state index contributed by atoms with van der Waals surface area (Å²) >= 11 is 7.38. The highest BCUT2D eigenvalue weighted by Crippen LogP contribution is 2.41. The van der Waals surface area contributed by atoms with Crippen LogP contribution in [0, 0.1) is 13.8 Å². The highest BCUT2D eigenvalue weighted by molar-refractivity contribution is 7.15. The number of carbonyl (C=O) groups excluding carboxylic acids is 1. The molecule has 4 aromatic rings. The van der Waals surface area contributed by atoms with Crippen molar-refractivity contribution < 1.29 is 13.9 Å². The van der Waals surface area contributed by atoms with Crippen LogP contribution < -0.4 is 10.1 Å². The zero-order chi connectivity index (χ0) is 22.8. The quantitative estimate of drug-likeness (QED) is 0.321. The summed E-state index contributed by atoms with van der Waals surface area (Å²) in [4.78, 5) is 12.6. The predicted molar refractivity (Wildman–Crippen MR) is 129 cm³/mol. The fourth-order valence-corrected chi connectivity index (χ4v) is 4.28. The van der Waals surface area contributed by atoms with Crippen LogP contribution >= 0.6 is 22.9 Å². The van der Waals surface area contributed by atoms with Crippen molar-refractivity contribution in [2.24, 2.45) is 0 Å². The number of fused-ring (bicyclic) bond motifs is 1. The van der Waals surface area contributed by atoms with E-state index >= 15 is 0 Å². The van der Waals surface area contributed by atoms with E-state index in [4.69, 9.17) is 20.8 Å². The van der Waals surface area contributed by atoms with Gasteiger partial charge in [-0.1, -0.05) is 35.1 Å². The Morgan fingerprint density at radius 2 is 2.00 bits per heavy atom. The Balaban J connectivity index is 1.79. The number of hydrogen-bond acceptors (Lipinski definition) is 6. The molecule has 164 valence electrons. The average Bonchev–Trinajstić information content (AvgIpc) is 3.36. The number of ether oxygens (including phenoxy) is 1. The van der Waals surface area contributed by atoms with Crippen molar-refractivity contribution in [3.05, 3.63) is 63.8 Å². The Labute approximate surface area is 194 Å². The lowest BCUT2D eigenvalue weighted by Gasteiger charge is -2.15. The summed E-state index contributed by atoms with van der Waals surface area (Å²) in [6.45, 7) is 8.11. The summed E-state index contributed by atoms with van der Waals surface area (Å²) < 4.78 is 11.9. The topological polar surface area (TPSA) is 77.2 Å².